The summed E-state index contributed by atoms with van der Waals surface area (Å²) in [7, 11) is -3.83. The molecule has 0 heterocycles. The molecule has 0 fully saturated rings. The van der Waals surface area contributed by atoms with Crippen LogP contribution < -0.4 is 10.5 Å². The molecule has 112 valence electrons. The zero-order chi connectivity index (χ0) is 15.5. The molecule has 0 saturated heterocycles. The summed E-state index contributed by atoms with van der Waals surface area (Å²) in [5, 5.41) is 0.617. The highest BCUT2D eigenvalue weighted by atomic mass is 35.5. The first-order valence-corrected chi connectivity index (χ1v) is 8.04. The number of hydrogen-bond donors (Lipinski definition) is 2. The molecule has 0 radical (unpaired) electrons. The van der Waals surface area contributed by atoms with Crippen LogP contribution in [0.15, 0.2) is 47.4 Å². The van der Waals surface area contributed by atoms with Gasteiger partial charge in [0.15, 0.2) is 0 Å². The van der Waals surface area contributed by atoms with Crippen LogP contribution in [0.4, 0.5) is 10.1 Å². The van der Waals surface area contributed by atoms with Crippen LogP contribution in [0.25, 0.3) is 0 Å². The number of nitrogens with two attached hydrogens (primary N) is 1. The summed E-state index contributed by atoms with van der Waals surface area (Å²) in [6.45, 7) is 0.180. The molecule has 4 nitrogen and oxygen atoms in total. The topological polar surface area (TPSA) is 72.2 Å². The van der Waals surface area contributed by atoms with Crippen LogP contribution in [0, 0.1) is 5.82 Å². The van der Waals surface area contributed by atoms with Gasteiger partial charge in [-0.3, -0.25) is 0 Å². The number of rotatable bonds is 5. The molecule has 3 N–H and O–H groups in total. The molecule has 2 rings (SSSR count). The van der Waals surface area contributed by atoms with Gasteiger partial charge in [-0.2, -0.15) is 0 Å². The molecule has 0 aliphatic rings. The zero-order valence-corrected chi connectivity index (χ0v) is 12.6. The average Bonchev–Trinajstić information content (AvgIpc) is 2.43. The molecular formula is C14H14ClFN2O2S. The van der Waals surface area contributed by atoms with Crippen LogP contribution in [-0.4, -0.2) is 15.0 Å². The number of hydrogen-bond acceptors (Lipinski definition) is 3. The number of benzene rings is 2. The van der Waals surface area contributed by atoms with E-state index in [9.17, 15) is 12.8 Å². The van der Waals surface area contributed by atoms with Crippen LogP contribution in [0.5, 0.6) is 0 Å². The fourth-order valence-corrected chi connectivity index (χ4v) is 3.10. The van der Waals surface area contributed by atoms with Crippen molar-refractivity contribution in [1.82, 2.24) is 4.72 Å². The van der Waals surface area contributed by atoms with Gasteiger partial charge in [-0.15, -0.1) is 0 Å². The molecule has 21 heavy (non-hydrogen) atoms. The highest BCUT2D eigenvalue weighted by Crippen LogP contribution is 2.19. The standard InChI is InChI=1S/C14H14ClFN2O2S/c15-11-3-1-10(2-4-11)7-8-18-21(19,20)14-9-12(16)5-6-13(14)17/h1-6,9,18H,7-8,17H2. The molecule has 0 aliphatic heterocycles. The van der Waals surface area contributed by atoms with E-state index >= 15 is 0 Å². The van der Waals surface area contributed by atoms with Gasteiger partial charge >= 0.3 is 0 Å². The summed E-state index contributed by atoms with van der Waals surface area (Å²) in [5.41, 5.74) is 6.52. The molecule has 0 atom stereocenters. The third-order valence-corrected chi connectivity index (χ3v) is 4.65. The lowest BCUT2D eigenvalue weighted by molar-refractivity contribution is 0.578. The van der Waals surface area contributed by atoms with Gasteiger partial charge in [0.05, 0.1) is 5.69 Å². The molecule has 7 heteroatoms. The summed E-state index contributed by atoms with van der Waals surface area (Å²) >= 11 is 5.77. The van der Waals surface area contributed by atoms with Crippen LogP contribution in [0.1, 0.15) is 5.56 Å². The van der Waals surface area contributed by atoms with Gasteiger partial charge in [0.1, 0.15) is 10.7 Å². The van der Waals surface area contributed by atoms with E-state index in [1.165, 1.54) is 6.07 Å². The SMILES string of the molecule is Nc1ccc(F)cc1S(=O)(=O)NCCc1ccc(Cl)cc1. The Labute approximate surface area is 127 Å². The number of halogens is 2. The minimum atomic E-state index is -3.83. The number of nitrogens with one attached hydrogen (secondary N) is 1. The average molecular weight is 329 g/mol. The van der Waals surface area contributed by atoms with Gasteiger partial charge in [0.25, 0.3) is 0 Å². The Morgan fingerprint density at radius 3 is 2.48 bits per heavy atom. The first-order valence-electron chi connectivity index (χ1n) is 6.17. The third kappa shape index (κ3) is 4.17. The summed E-state index contributed by atoms with van der Waals surface area (Å²) in [6, 6.07) is 10.3. The molecule has 2 aromatic carbocycles. The first kappa shape index (κ1) is 15.8. The quantitative estimate of drug-likeness (QED) is 0.829. The van der Waals surface area contributed by atoms with Crippen molar-refractivity contribution in [2.24, 2.45) is 0 Å². The monoisotopic (exact) mass is 328 g/mol. The summed E-state index contributed by atoms with van der Waals surface area (Å²) < 4.78 is 39.7. The number of sulfonamides is 1. The van der Waals surface area contributed by atoms with Gasteiger partial charge in [-0.1, -0.05) is 23.7 Å². The van der Waals surface area contributed by atoms with Crippen molar-refractivity contribution < 1.29 is 12.8 Å². The molecule has 0 spiro atoms. The van der Waals surface area contributed by atoms with Crippen molar-refractivity contribution in [3.05, 3.63) is 58.9 Å². The van der Waals surface area contributed by atoms with E-state index in [1.807, 2.05) is 12.1 Å². The lowest BCUT2D eigenvalue weighted by Gasteiger charge is -2.09. The molecule has 0 amide bonds. The molecule has 0 saturated carbocycles. The zero-order valence-electron chi connectivity index (χ0n) is 11.0. The maximum atomic E-state index is 13.1. The Balaban J connectivity index is 2.04. The van der Waals surface area contributed by atoms with E-state index in [4.69, 9.17) is 17.3 Å². The second-order valence-corrected chi connectivity index (χ2v) is 6.63. The Morgan fingerprint density at radius 2 is 1.81 bits per heavy atom. The van der Waals surface area contributed by atoms with Crippen LogP contribution in [-0.2, 0) is 16.4 Å². The van der Waals surface area contributed by atoms with Crippen molar-refractivity contribution in [3.63, 3.8) is 0 Å². The lowest BCUT2D eigenvalue weighted by atomic mass is 10.2. The Morgan fingerprint density at radius 1 is 1.14 bits per heavy atom. The van der Waals surface area contributed by atoms with Crippen LogP contribution >= 0.6 is 11.6 Å². The van der Waals surface area contributed by atoms with Crippen LogP contribution in [0.3, 0.4) is 0 Å². The van der Waals surface area contributed by atoms with E-state index in [0.29, 0.717) is 11.4 Å². The molecule has 0 bridgehead atoms. The molecule has 2 aromatic rings. The molecule has 0 aromatic heterocycles. The van der Waals surface area contributed by atoms with Crippen molar-refractivity contribution in [1.29, 1.82) is 0 Å². The number of anilines is 1. The predicted octanol–water partition coefficient (Wildman–Crippen LogP) is 2.58. The maximum Gasteiger partial charge on any atom is 0.242 e. The second-order valence-electron chi connectivity index (χ2n) is 4.46. The Bertz CT molecular complexity index is 733. The van der Waals surface area contributed by atoms with E-state index in [-0.39, 0.29) is 17.1 Å². The maximum absolute atomic E-state index is 13.1. The fraction of sp³-hybridized carbons (Fsp3) is 0.143. The largest absolute Gasteiger partial charge is 0.398 e. The molecular weight excluding hydrogens is 315 g/mol. The fourth-order valence-electron chi connectivity index (χ4n) is 1.80. The highest BCUT2D eigenvalue weighted by Gasteiger charge is 2.17. The number of nitrogen functional groups attached to an aromatic ring is 1. The normalized spacial score (nSPS) is 11.5. The van der Waals surface area contributed by atoms with Crippen molar-refractivity contribution in [2.75, 3.05) is 12.3 Å². The van der Waals surface area contributed by atoms with Gasteiger partial charge in [0, 0.05) is 11.6 Å². The van der Waals surface area contributed by atoms with Crippen molar-refractivity contribution >= 4 is 27.3 Å². The molecule has 0 aliphatic carbocycles. The van der Waals surface area contributed by atoms with Gasteiger partial charge in [-0.25, -0.2) is 17.5 Å². The summed E-state index contributed by atoms with van der Waals surface area (Å²) in [4.78, 5) is -0.251. The highest BCUT2D eigenvalue weighted by molar-refractivity contribution is 7.89. The smallest absolute Gasteiger partial charge is 0.242 e. The Kier molecular flexibility index (Phi) is 4.82. The van der Waals surface area contributed by atoms with Gasteiger partial charge in [0.2, 0.25) is 10.0 Å². The van der Waals surface area contributed by atoms with Crippen molar-refractivity contribution in [3.8, 4) is 0 Å². The predicted molar refractivity (Wildman–Crippen MR) is 81.2 cm³/mol. The van der Waals surface area contributed by atoms with E-state index in [0.717, 1.165) is 17.7 Å². The molecule has 0 unspecified atom stereocenters. The van der Waals surface area contributed by atoms with Gasteiger partial charge in [-0.05, 0) is 42.3 Å². The van der Waals surface area contributed by atoms with Gasteiger partial charge < -0.3 is 5.73 Å². The summed E-state index contributed by atoms with van der Waals surface area (Å²) in [6.07, 6.45) is 0.492. The van der Waals surface area contributed by atoms with E-state index in [2.05, 4.69) is 4.72 Å². The first-order chi connectivity index (χ1) is 9.88. The summed E-state index contributed by atoms with van der Waals surface area (Å²) in [5.74, 6) is -0.651. The van der Waals surface area contributed by atoms with E-state index in [1.54, 1.807) is 12.1 Å². The third-order valence-electron chi connectivity index (χ3n) is 2.88. The second kappa shape index (κ2) is 6.43. The minimum Gasteiger partial charge on any atom is -0.398 e. The van der Waals surface area contributed by atoms with Crippen LogP contribution in [0.2, 0.25) is 5.02 Å². The van der Waals surface area contributed by atoms with E-state index < -0.39 is 15.8 Å². The Hall–Kier alpha value is -1.63. The lowest BCUT2D eigenvalue weighted by Crippen LogP contribution is -2.26. The van der Waals surface area contributed by atoms with Crippen molar-refractivity contribution in [2.45, 2.75) is 11.3 Å². The minimum absolute atomic E-state index is 0.00962.